The first-order chi connectivity index (χ1) is 18.5. The number of aryl methyl sites for hydroxylation is 1. The van der Waals surface area contributed by atoms with E-state index in [1.165, 1.54) is 12.1 Å². The van der Waals surface area contributed by atoms with Crippen molar-refractivity contribution < 1.29 is 32.6 Å². The molecule has 11 heteroatoms. The Kier molecular flexibility index (Phi) is 8.49. The molecule has 9 nitrogen and oxygen atoms in total. The zero-order valence-corrected chi connectivity index (χ0v) is 22.3. The van der Waals surface area contributed by atoms with Gasteiger partial charge in [0.25, 0.3) is 5.91 Å². The average Bonchev–Trinajstić information content (AvgIpc) is 3.33. The molecule has 3 aromatic rings. The number of rotatable bonds is 7. The van der Waals surface area contributed by atoms with Crippen molar-refractivity contribution in [3.63, 3.8) is 0 Å². The van der Waals surface area contributed by atoms with Gasteiger partial charge in [0, 0.05) is 24.3 Å². The summed E-state index contributed by atoms with van der Waals surface area (Å²) in [4.78, 5) is 27.2. The van der Waals surface area contributed by atoms with Gasteiger partial charge in [0.05, 0.1) is 18.8 Å². The molecule has 0 saturated carbocycles. The van der Waals surface area contributed by atoms with Gasteiger partial charge in [-0.25, -0.2) is 4.79 Å². The number of benzene rings is 2. The quantitative estimate of drug-likeness (QED) is 0.410. The van der Waals surface area contributed by atoms with Crippen LogP contribution in [0.15, 0.2) is 54.6 Å². The molecule has 1 unspecified atom stereocenters. The summed E-state index contributed by atoms with van der Waals surface area (Å²) in [6.45, 7) is 6.04. The molecule has 4 rings (SSSR count). The largest absolute Gasteiger partial charge is 0.444 e. The van der Waals surface area contributed by atoms with Gasteiger partial charge in [-0.3, -0.25) is 9.48 Å². The van der Waals surface area contributed by atoms with Crippen LogP contribution in [0.5, 0.6) is 5.75 Å². The van der Waals surface area contributed by atoms with E-state index in [2.05, 4.69) is 15.2 Å². The lowest BCUT2D eigenvalue weighted by Crippen LogP contribution is -2.44. The molecule has 0 bridgehead atoms. The molecule has 0 spiro atoms. The van der Waals surface area contributed by atoms with Crippen molar-refractivity contribution in [2.45, 2.75) is 52.6 Å². The first kappa shape index (κ1) is 28.0. The molecule has 1 aliphatic heterocycles. The Hall–Kier alpha value is -3.99. The first-order valence-electron chi connectivity index (χ1n) is 12.7. The highest BCUT2D eigenvalue weighted by Gasteiger charge is 2.29. The predicted octanol–water partition coefficient (Wildman–Crippen LogP) is 5.73. The van der Waals surface area contributed by atoms with Crippen LogP contribution in [0, 0.1) is 0 Å². The number of alkyl halides is 2. The summed E-state index contributed by atoms with van der Waals surface area (Å²) in [5, 5.41) is 7.32. The fraction of sp³-hybridized carbons (Fsp3) is 0.393. The van der Waals surface area contributed by atoms with Gasteiger partial charge in [0.15, 0.2) is 0 Å². The lowest BCUT2D eigenvalue weighted by Gasteiger charge is -2.34. The van der Waals surface area contributed by atoms with Gasteiger partial charge in [-0.05, 0) is 63.6 Å². The van der Waals surface area contributed by atoms with Gasteiger partial charge in [-0.15, -0.1) is 0 Å². The number of ether oxygens (including phenoxy) is 3. The summed E-state index contributed by atoms with van der Waals surface area (Å²) in [7, 11) is 0. The Morgan fingerprint density at radius 3 is 2.56 bits per heavy atom. The van der Waals surface area contributed by atoms with Crippen molar-refractivity contribution in [2.24, 2.45) is 0 Å². The summed E-state index contributed by atoms with van der Waals surface area (Å²) in [5.74, 6) is -0.357. The number of hydrogen-bond donors (Lipinski definition) is 1. The molecule has 208 valence electrons. The maximum atomic E-state index is 13.1. The Balaban J connectivity index is 1.43. The molecular formula is C28H32F2N4O5. The van der Waals surface area contributed by atoms with Crippen LogP contribution in [-0.2, 0) is 16.0 Å². The average molecular weight is 543 g/mol. The lowest BCUT2D eigenvalue weighted by molar-refractivity contribution is -0.0498. The monoisotopic (exact) mass is 542 g/mol. The SMILES string of the molecule is CCn1nc(-c2cccc(OC(F)F)c2)cc1C(=O)Nc1ccc(C2CN(C(=O)OC(C)(C)C)CCO2)cc1. The van der Waals surface area contributed by atoms with Crippen molar-refractivity contribution in [1.82, 2.24) is 14.7 Å². The minimum absolute atomic E-state index is 0.0100. The second-order valence-electron chi connectivity index (χ2n) is 10.00. The Labute approximate surface area is 225 Å². The molecular weight excluding hydrogens is 510 g/mol. The smallest absolute Gasteiger partial charge is 0.410 e. The van der Waals surface area contributed by atoms with E-state index in [-0.39, 0.29) is 23.9 Å². The van der Waals surface area contributed by atoms with E-state index in [4.69, 9.17) is 9.47 Å². The molecule has 1 saturated heterocycles. The van der Waals surface area contributed by atoms with E-state index < -0.39 is 12.2 Å². The van der Waals surface area contributed by atoms with Gasteiger partial charge in [0.1, 0.15) is 23.1 Å². The molecule has 1 atom stereocenters. The van der Waals surface area contributed by atoms with E-state index in [9.17, 15) is 18.4 Å². The number of hydrogen-bond acceptors (Lipinski definition) is 6. The van der Waals surface area contributed by atoms with Crippen LogP contribution in [0.3, 0.4) is 0 Å². The van der Waals surface area contributed by atoms with E-state index in [0.717, 1.165) is 5.56 Å². The summed E-state index contributed by atoms with van der Waals surface area (Å²) >= 11 is 0. The van der Waals surface area contributed by atoms with Crippen LogP contribution in [0.4, 0.5) is 19.3 Å². The Morgan fingerprint density at radius 2 is 1.90 bits per heavy atom. The third kappa shape index (κ3) is 7.32. The van der Waals surface area contributed by atoms with Crippen LogP contribution in [0.2, 0.25) is 0 Å². The van der Waals surface area contributed by atoms with E-state index in [0.29, 0.717) is 48.9 Å². The Bertz CT molecular complexity index is 1300. The number of carbonyl (C=O) groups excluding carboxylic acids is 2. The number of morpholine rings is 1. The van der Waals surface area contributed by atoms with E-state index >= 15 is 0 Å². The van der Waals surface area contributed by atoms with E-state index in [1.807, 2.05) is 39.8 Å². The van der Waals surface area contributed by atoms with Crippen LogP contribution >= 0.6 is 0 Å². The number of carbonyl (C=O) groups is 2. The van der Waals surface area contributed by atoms with Crippen molar-refractivity contribution in [1.29, 1.82) is 0 Å². The fourth-order valence-electron chi connectivity index (χ4n) is 4.13. The molecule has 2 heterocycles. The number of nitrogens with zero attached hydrogens (tertiary/aromatic N) is 3. The van der Waals surface area contributed by atoms with Gasteiger partial charge in [-0.1, -0.05) is 24.3 Å². The highest BCUT2D eigenvalue weighted by atomic mass is 19.3. The number of anilines is 1. The van der Waals surface area contributed by atoms with Crippen LogP contribution < -0.4 is 10.1 Å². The van der Waals surface area contributed by atoms with E-state index in [1.54, 1.807) is 39.9 Å². The Morgan fingerprint density at radius 1 is 1.15 bits per heavy atom. The first-order valence-corrected chi connectivity index (χ1v) is 12.7. The molecule has 1 N–H and O–H groups in total. The van der Waals surface area contributed by atoms with Gasteiger partial charge < -0.3 is 24.4 Å². The van der Waals surface area contributed by atoms with Crippen molar-refractivity contribution in [3.05, 3.63) is 65.9 Å². The molecule has 0 aliphatic carbocycles. The normalized spacial score (nSPS) is 15.8. The molecule has 1 aromatic heterocycles. The standard InChI is InChI=1S/C28H32F2N4O5/c1-5-34-23(16-22(32-34)19-7-6-8-21(15-19)38-26(29)30)25(35)31-20-11-9-18(10-12-20)24-17-33(13-14-37-24)27(36)39-28(2,3)4/h6-12,15-16,24,26H,5,13-14,17H2,1-4H3,(H,31,35). The molecule has 0 radical (unpaired) electrons. The highest BCUT2D eigenvalue weighted by Crippen LogP contribution is 2.27. The topological polar surface area (TPSA) is 94.9 Å². The molecule has 1 fully saturated rings. The third-order valence-electron chi connectivity index (χ3n) is 5.93. The maximum Gasteiger partial charge on any atom is 0.410 e. The second-order valence-corrected chi connectivity index (χ2v) is 10.00. The minimum Gasteiger partial charge on any atom is -0.444 e. The zero-order chi connectivity index (χ0) is 28.2. The van der Waals surface area contributed by atoms with Crippen LogP contribution in [0.1, 0.15) is 49.9 Å². The summed E-state index contributed by atoms with van der Waals surface area (Å²) in [5.41, 5.74) is 2.19. The summed E-state index contributed by atoms with van der Waals surface area (Å²) in [6, 6.07) is 15.0. The molecule has 2 aromatic carbocycles. The third-order valence-corrected chi connectivity index (χ3v) is 5.93. The molecule has 39 heavy (non-hydrogen) atoms. The highest BCUT2D eigenvalue weighted by molar-refractivity contribution is 6.03. The summed E-state index contributed by atoms with van der Waals surface area (Å²) in [6.07, 6.45) is -0.690. The maximum absolute atomic E-state index is 13.1. The van der Waals surface area contributed by atoms with Crippen LogP contribution in [-0.4, -0.2) is 58.6 Å². The number of nitrogens with one attached hydrogen (secondary N) is 1. The van der Waals surface area contributed by atoms with Gasteiger partial charge in [-0.2, -0.15) is 13.9 Å². The molecule has 2 amide bonds. The van der Waals surface area contributed by atoms with Gasteiger partial charge >= 0.3 is 12.7 Å². The fourth-order valence-corrected chi connectivity index (χ4v) is 4.13. The number of amides is 2. The molecule has 1 aliphatic rings. The number of aromatic nitrogens is 2. The zero-order valence-electron chi connectivity index (χ0n) is 22.3. The van der Waals surface area contributed by atoms with Crippen LogP contribution in [0.25, 0.3) is 11.3 Å². The summed E-state index contributed by atoms with van der Waals surface area (Å²) < 4.78 is 42.6. The predicted molar refractivity (Wildman–Crippen MR) is 141 cm³/mol. The second kappa shape index (κ2) is 11.8. The van der Waals surface area contributed by atoms with Gasteiger partial charge in [0.2, 0.25) is 0 Å². The number of halogens is 2. The minimum atomic E-state index is -2.94. The van der Waals surface area contributed by atoms with Crippen molar-refractivity contribution in [2.75, 3.05) is 25.0 Å². The van der Waals surface area contributed by atoms with Crippen molar-refractivity contribution in [3.8, 4) is 17.0 Å². The lowest BCUT2D eigenvalue weighted by atomic mass is 10.1. The van der Waals surface area contributed by atoms with Crippen molar-refractivity contribution >= 4 is 17.7 Å².